The number of benzene rings is 1. The summed E-state index contributed by atoms with van der Waals surface area (Å²) in [6.45, 7) is 3.64. The zero-order chi connectivity index (χ0) is 15.6. The number of likely N-dealkylation sites (N-methyl/N-ethyl adjacent to an activating group) is 1. The van der Waals surface area contributed by atoms with Gasteiger partial charge >= 0.3 is 5.69 Å². The van der Waals surface area contributed by atoms with E-state index in [0.717, 1.165) is 6.54 Å². The molecule has 0 aliphatic rings. The van der Waals surface area contributed by atoms with Gasteiger partial charge in [0, 0.05) is 27.2 Å². The lowest BCUT2D eigenvalue weighted by Crippen LogP contribution is -2.31. The van der Waals surface area contributed by atoms with Gasteiger partial charge in [-0.2, -0.15) is 0 Å². The van der Waals surface area contributed by atoms with Crippen LogP contribution in [0.2, 0.25) is 0 Å². The molecule has 0 saturated heterocycles. The van der Waals surface area contributed by atoms with Gasteiger partial charge in [-0.3, -0.25) is 9.13 Å². The molecule has 21 heavy (non-hydrogen) atoms. The fraction of sp³-hybridized carbons (Fsp3) is 0.462. The highest BCUT2D eigenvalue weighted by Crippen LogP contribution is 2.17. The first kappa shape index (κ1) is 15.7. The third-order valence-electron chi connectivity index (χ3n) is 3.40. The van der Waals surface area contributed by atoms with Crippen LogP contribution in [0.5, 0.6) is 0 Å². The van der Waals surface area contributed by atoms with Crippen LogP contribution in [0, 0.1) is 0 Å². The average Bonchev–Trinajstić information content (AvgIpc) is 2.68. The SMILES string of the molecule is CCNCCNS(=O)(=O)c1ccc2c(c1)n(C)c(=O)n2C. The maximum absolute atomic E-state index is 12.2. The highest BCUT2D eigenvalue weighted by atomic mass is 32.2. The molecule has 116 valence electrons. The number of sulfonamides is 1. The summed E-state index contributed by atoms with van der Waals surface area (Å²) < 4.78 is 29.9. The van der Waals surface area contributed by atoms with E-state index in [1.54, 1.807) is 20.2 Å². The zero-order valence-corrected chi connectivity index (χ0v) is 13.2. The monoisotopic (exact) mass is 312 g/mol. The summed E-state index contributed by atoms with van der Waals surface area (Å²) in [7, 11) is -0.282. The van der Waals surface area contributed by atoms with Crippen molar-refractivity contribution >= 4 is 21.1 Å². The van der Waals surface area contributed by atoms with Crippen LogP contribution in [0.1, 0.15) is 6.92 Å². The van der Waals surface area contributed by atoms with Crippen LogP contribution in [0.3, 0.4) is 0 Å². The van der Waals surface area contributed by atoms with Gasteiger partial charge in [-0.05, 0) is 24.7 Å². The van der Waals surface area contributed by atoms with Crippen molar-refractivity contribution in [2.24, 2.45) is 14.1 Å². The smallest absolute Gasteiger partial charge is 0.316 e. The van der Waals surface area contributed by atoms with Crippen LogP contribution in [0.15, 0.2) is 27.9 Å². The first-order chi connectivity index (χ1) is 9.88. The minimum atomic E-state index is -3.57. The Kier molecular flexibility index (Phi) is 4.50. The van der Waals surface area contributed by atoms with E-state index >= 15 is 0 Å². The van der Waals surface area contributed by atoms with Crippen molar-refractivity contribution in [1.29, 1.82) is 0 Å². The van der Waals surface area contributed by atoms with Crippen molar-refractivity contribution in [3.63, 3.8) is 0 Å². The quantitative estimate of drug-likeness (QED) is 0.721. The molecule has 0 atom stereocenters. The van der Waals surface area contributed by atoms with Crippen LogP contribution >= 0.6 is 0 Å². The van der Waals surface area contributed by atoms with E-state index in [1.165, 1.54) is 21.3 Å². The third kappa shape index (κ3) is 3.02. The lowest BCUT2D eigenvalue weighted by molar-refractivity contribution is 0.577. The van der Waals surface area contributed by atoms with E-state index in [2.05, 4.69) is 10.0 Å². The number of imidazole rings is 1. The number of rotatable bonds is 6. The molecule has 0 spiro atoms. The van der Waals surface area contributed by atoms with E-state index in [-0.39, 0.29) is 10.6 Å². The summed E-state index contributed by atoms with van der Waals surface area (Å²) in [6.07, 6.45) is 0. The molecule has 2 aromatic rings. The Morgan fingerprint density at radius 1 is 1.10 bits per heavy atom. The van der Waals surface area contributed by atoms with Gasteiger partial charge in [0.25, 0.3) is 0 Å². The Hall–Kier alpha value is -1.64. The predicted molar refractivity (Wildman–Crippen MR) is 81.9 cm³/mol. The first-order valence-electron chi connectivity index (χ1n) is 6.74. The molecule has 0 aliphatic heterocycles. The topological polar surface area (TPSA) is 85.1 Å². The molecule has 1 aromatic carbocycles. The molecule has 1 aromatic heterocycles. The second-order valence-corrected chi connectivity index (χ2v) is 6.57. The number of nitrogens with zero attached hydrogens (tertiary/aromatic N) is 2. The molecule has 0 fully saturated rings. The minimum Gasteiger partial charge on any atom is -0.316 e. The molecule has 2 N–H and O–H groups in total. The second kappa shape index (κ2) is 6.00. The summed E-state index contributed by atoms with van der Waals surface area (Å²) in [6, 6.07) is 4.68. The molecule has 0 aliphatic carbocycles. The molecule has 2 rings (SSSR count). The molecule has 0 saturated carbocycles. The summed E-state index contributed by atoms with van der Waals surface area (Å²) in [5.74, 6) is 0. The molecule has 0 bridgehead atoms. The molecule has 8 heteroatoms. The Bertz CT molecular complexity index is 805. The van der Waals surface area contributed by atoms with Crippen LogP contribution < -0.4 is 15.7 Å². The normalized spacial score (nSPS) is 12.1. The van der Waals surface area contributed by atoms with Crippen LogP contribution in [-0.4, -0.2) is 37.2 Å². The van der Waals surface area contributed by atoms with Crippen molar-refractivity contribution in [3.05, 3.63) is 28.7 Å². The van der Waals surface area contributed by atoms with E-state index in [0.29, 0.717) is 24.1 Å². The van der Waals surface area contributed by atoms with Gasteiger partial charge in [0.15, 0.2) is 0 Å². The fourth-order valence-electron chi connectivity index (χ4n) is 2.19. The second-order valence-electron chi connectivity index (χ2n) is 4.80. The predicted octanol–water partition coefficient (Wildman–Crippen LogP) is -0.235. The largest absolute Gasteiger partial charge is 0.328 e. The summed E-state index contributed by atoms with van der Waals surface area (Å²) in [4.78, 5) is 12.0. The van der Waals surface area contributed by atoms with Gasteiger partial charge in [-0.1, -0.05) is 6.92 Å². The van der Waals surface area contributed by atoms with Crippen molar-refractivity contribution in [2.45, 2.75) is 11.8 Å². The number of nitrogens with one attached hydrogen (secondary N) is 2. The van der Waals surface area contributed by atoms with Crippen LogP contribution in [0.4, 0.5) is 0 Å². The maximum atomic E-state index is 12.2. The number of fused-ring (bicyclic) bond motifs is 1. The summed E-state index contributed by atoms with van der Waals surface area (Å²) >= 11 is 0. The van der Waals surface area contributed by atoms with Crippen molar-refractivity contribution in [1.82, 2.24) is 19.2 Å². The van der Waals surface area contributed by atoms with Crippen LogP contribution in [-0.2, 0) is 24.1 Å². The zero-order valence-electron chi connectivity index (χ0n) is 12.4. The lowest BCUT2D eigenvalue weighted by atomic mass is 10.3. The van der Waals surface area contributed by atoms with Gasteiger partial charge in [-0.25, -0.2) is 17.9 Å². The minimum absolute atomic E-state index is 0.160. The molecule has 0 radical (unpaired) electrons. The molecular formula is C13H20N4O3S. The molecule has 0 unspecified atom stereocenters. The standard InChI is InChI=1S/C13H20N4O3S/c1-4-14-7-8-15-21(19,20)10-5-6-11-12(9-10)17(3)13(18)16(11)2/h5-6,9,14-15H,4,7-8H2,1-3H3. The van der Waals surface area contributed by atoms with Gasteiger partial charge in [0.1, 0.15) is 0 Å². The van der Waals surface area contributed by atoms with E-state index in [9.17, 15) is 13.2 Å². The highest BCUT2D eigenvalue weighted by molar-refractivity contribution is 7.89. The van der Waals surface area contributed by atoms with Gasteiger partial charge in [0.05, 0.1) is 15.9 Å². The van der Waals surface area contributed by atoms with Crippen LogP contribution in [0.25, 0.3) is 11.0 Å². The van der Waals surface area contributed by atoms with Gasteiger partial charge < -0.3 is 5.32 Å². The Balaban J connectivity index is 2.34. The molecule has 0 amide bonds. The Labute approximate surface area is 123 Å². The lowest BCUT2D eigenvalue weighted by Gasteiger charge is -2.07. The van der Waals surface area contributed by atoms with Crippen molar-refractivity contribution in [2.75, 3.05) is 19.6 Å². The third-order valence-corrected chi connectivity index (χ3v) is 4.86. The Morgan fingerprint density at radius 3 is 2.43 bits per heavy atom. The number of hydrogen-bond acceptors (Lipinski definition) is 4. The van der Waals surface area contributed by atoms with Crippen molar-refractivity contribution in [3.8, 4) is 0 Å². The molecular weight excluding hydrogens is 292 g/mol. The molecule has 1 heterocycles. The summed E-state index contributed by atoms with van der Waals surface area (Å²) in [5, 5.41) is 3.05. The first-order valence-corrected chi connectivity index (χ1v) is 8.22. The molecule has 7 nitrogen and oxygen atoms in total. The van der Waals surface area contributed by atoms with Gasteiger partial charge in [0.2, 0.25) is 10.0 Å². The van der Waals surface area contributed by atoms with Crippen molar-refractivity contribution < 1.29 is 8.42 Å². The number of hydrogen-bond donors (Lipinski definition) is 2. The maximum Gasteiger partial charge on any atom is 0.328 e. The number of aryl methyl sites for hydroxylation is 2. The average molecular weight is 312 g/mol. The highest BCUT2D eigenvalue weighted by Gasteiger charge is 2.16. The summed E-state index contributed by atoms with van der Waals surface area (Å²) in [5.41, 5.74) is 1.12. The Morgan fingerprint density at radius 2 is 1.76 bits per heavy atom. The van der Waals surface area contributed by atoms with E-state index in [4.69, 9.17) is 0 Å². The number of aromatic nitrogens is 2. The fourth-order valence-corrected chi connectivity index (χ4v) is 3.24. The van der Waals surface area contributed by atoms with Gasteiger partial charge in [-0.15, -0.1) is 0 Å². The van der Waals surface area contributed by atoms with E-state index < -0.39 is 10.0 Å². The van der Waals surface area contributed by atoms with E-state index in [1.807, 2.05) is 6.92 Å².